The first-order valence-electron chi connectivity index (χ1n) is 11.1. The van der Waals surface area contributed by atoms with Crippen LogP contribution in [-0.2, 0) is 13.0 Å². The van der Waals surface area contributed by atoms with E-state index in [1.165, 1.54) is 11.1 Å². The molecule has 8 heteroatoms. The molecule has 0 unspecified atom stereocenters. The van der Waals surface area contributed by atoms with Gasteiger partial charge in [0.25, 0.3) is 0 Å². The Morgan fingerprint density at radius 1 is 0.857 bits per heavy atom. The van der Waals surface area contributed by atoms with Crippen LogP contribution >= 0.6 is 24.8 Å². The van der Waals surface area contributed by atoms with E-state index in [0.29, 0.717) is 11.5 Å². The quantitative estimate of drug-likeness (QED) is 0.335. The van der Waals surface area contributed by atoms with E-state index in [2.05, 4.69) is 40.3 Å². The molecule has 6 nitrogen and oxygen atoms in total. The molecular weight excluding hydrogens is 483 g/mol. The Bertz CT molecular complexity index is 1520. The first kappa shape index (κ1) is 24.8. The van der Waals surface area contributed by atoms with Crippen LogP contribution < -0.4 is 14.8 Å². The van der Waals surface area contributed by atoms with Gasteiger partial charge in [-0.25, -0.2) is 4.68 Å². The summed E-state index contributed by atoms with van der Waals surface area (Å²) in [4.78, 5) is 4.73. The molecule has 3 heterocycles. The van der Waals surface area contributed by atoms with Crippen molar-refractivity contribution in [2.24, 2.45) is 0 Å². The number of methoxy groups -OCH3 is 2. The lowest BCUT2D eigenvalue weighted by atomic mass is 10.0. The van der Waals surface area contributed by atoms with Crippen LogP contribution in [0.4, 0.5) is 0 Å². The minimum absolute atomic E-state index is 0. The van der Waals surface area contributed by atoms with Crippen LogP contribution in [0.1, 0.15) is 11.1 Å². The lowest BCUT2D eigenvalue weighted by molar-refractivity contribution is 0.355. The van der Waals surface area contributed by atoms with Gasteiger partial charge >= 0.3 is 0 Å². The van der Waals surface area contributed by atoms with Crippen molar-refractivity contribution < 1.29 is 9.47 Å². The van der Waals surface area contributed by atoms with Crippen LogP contribution in [0.2, 0.25) is 0 Å². The fourth-order valence-corrected chi connectivity index (χ4v) is 4.71. The van der Waals surface area contributed by atoms with E-state index in [1.807, 2.05) is 36.5 Å². The SMILES string of the molecule is COc1ccc(-c2nn(-c3ccc4c(c3)CCNC4)c3c2cnc2ccccc23)cc1OC.Cl.Cl. The van der Waals surface area contributed by atoms with Crippen molar-refractivity contribution in [3.05, 3.63) is 78.0 Å². The number of halogens is 2. The summed E-state index contributed by atoms with van der Waals surface area (Å²) in [7, 11) is 3.29. The average molecular weight is 509 g/mol. The molecule has 0 atom stereocenters. The van der Waals surface area contributed by atoms with E-state index in [4.69, 9.17) is 19.6 Å². The number of pyridine rings is 1. The molecule has 180 valence electrons. The lowest BCUT2D eigenvalue weighted by Crippen LogP contribution is -2.23. The van der Waals surface area contributed by atoms with Gasteiger partial charge in [0, 0.05) is 29.1 Å². The van der Waals surface area contributed by atoms with Crippen LogP contribution in [0, 0.1) is 0 Å². The Kier molecular flexibility index (Phi) is 7.17. The summed E-state index contributed by atoms with van der Waals surface area (Å²) >= 11 is 0. The molecule has 2 aromatic heterocycles. The monoisotopic (exact) mass is 508 g/mol. The molecule has 3 aromatic carbocycles. The Labute approximate surface area is 216 Å². The zero-order chi connectivity index (χ0) is 22.4. The first-order valence-corrected chi connectivity index (χ1v) is 11.1. The van der Waals surface area contributed by atoms with Gasteiger partial charge in [0.15, 0.2) is 11.5 Å². The van der Waals surface area contributed by atoms with Crippen LogP contribution in [0.5, 0.6) is 11.5 Å². The molecule has 0 saturated heterocycles. The molecule has 5 aromatic rings. The second kappa shape index (κ2) is 10.1. The number of hydrogen-bond acceptors (Lipinski definition) is 5. The molecular formula is C27H26Cl2N4O2. The van der Waals surface area contributed by atoms with Gasteiger partial charge in [0.05, 0.1) is 30.9 Å². The largest absolute Gasteiger partial charge is 0.493 e. The van der Waals surface area contributed by atoms with Crippen molar-refractivity contribution in [3.63, 3.8) is 0 Å². The molecule has 6 rings (SSSR count). The molecule has 0 saturated carbocycles. The molecule has 1 aliphatic rings. The molecule has 0 aliphatic carbocycles. The Morgan fingerprint density at radius 3 is 2.51 bits per heavy atom. The normalized spacial score (nSPS) is 12.5. The minimum Gasteiger partial charge on any atom is -0.493 e. The van der Waals surface area contributed by atoms with Gasteiger partial charge in [-0.1, -0.05) is 24.3 Å². The molecule has 0 amide bonds. The molecule has 1 aliphatic heterocycles. The van der Waals surface area contributed by atoms with Gasteiger partial charge in [-0.15, -0.1) is 24.8 Å². The number of fused-ring (bicyclic) bond motifs is 4. The third kappa shape index (κ3) is 4.18. The number of benzene rings is 3. The van der Waals surface area contributed by atoms with Gasteiger partial charge in [0.1, 0.15) is 5.69 Å². The van der Waals surface area contributed by atoms with Crippen LogP contribution in [0.15, 0.2) is 66.9 Å². The third-order valence-corrected chi connectivity index (χ3v) is 6.39. The standard InChI is InChI=1S/C27H24N4O2.2ClH/c1-32-24-10-8-18(14-25(24)33-2)26-22-16-29-23-6-4-3-5-21(23)27(22)31(30-26)20-9-7-19-15-28-12-11-17(19)13-20;;/h3-10,13-14,16,28H,11-12,15H2,1-2H3;2*1H. The van der Waals surface area contributed by atoms with Crippen LogP contribution in [-0.4, -0.2) is 35.5 Å². The van der Waals surface area contributed by atoms with E-state index in [1.54, 1.807) is 14.2 Å². The lowest BCUT2D eigenvalue weighted by Gasteiger charge is -2.18. The van der Waals surface area contributed by atoms with E-state index in [0.717, 1.165) is 58.3 Å². The highest BCUT2D eigenvalue weighted by molar-refractivity contribution is 6.08. The highest BCUT2D eigenvalue weighted by Crippen LogP contribution is 2.37. The van der Waals surface area contributed by atoms with E-state index >= 15 is 0 Å². The maximum Gasteiger partial charge on any atom is 0.161 e. The third-order valence-electron chi connectivity index (χ3n) is 6.39. The maximum atomic E-state index is 5.55. The summed E-state index contributed by atoms with van der Waals surface area (Å²) in [5.41, 5.74) is 7.61. The van der Waals surface area contributed by atoms with Crippen molar-refractivity contribution in [1.29, 1.82) is 0 Å². The summed E-state index contributed by atoms with van der Waals surface area (Å²) in [6.07, 6.45) is 2.95. The second-order valence-electron chi connectivity index (χ2n) is 8.25. The topological polar surface area (TPSA) is 61.2 Å². The number of rotatable bonds is 4. The zero-order valence-corrected chi connectivity index (χ0v) is 21.1. The predicted molar refractivity (Wildman–Crippen MR) is 145 cm³/mol. The van der Waals surface area contributed by atoms with Crippen molar-refractivity contribution in [1.82, 2.24) is 20.1 Å². The summed E-state index contributed by atoms with van der Waals surface area (Å²) in [5, 5.41) is 10.6. The van der Waals surface area contributed by atoms with Crippen molar-refractivity contribution >= 4 is 46.6 Å². The summed E-state index contributed by atoms with van der Waals surface area (Å²) in [5.74, 6) is 1.37. The Balaban J connectivity index is 0.00000144. The fourth-order valence-electron chi connectivity index (χ4n) is 4.71. The van der Waals surface area contributed by atoms with E-state index in [-0.39, 0.29) is 24.8 Å². The number of para-hydroxylation sites is 1. The highest BCUT2D eigenvalue weighted by atomic mass is 35.5. The van der Waals surface area contributed by atoms with Crippen LogP contribution in [0.3, 0.4) is 0 Å². The summed E-state index contributed by atoms with van der Waals surface area (Å²) in [6.45, 7) is 1.92. The smallest absolute Gasteiger partial charge is 0.161 e. The Morgan fingerprint density at radius 2 is 1.69 bits per heavy atom. The summed E-state index contributed by atoms with van der Waals surface area (Å²) in [6, 6.07) is 20.8. The average Bonchev–Trinajstić information content (AvgIpc) is 3.28. The minimum atomic E-state index is 0. The molecule has 1 N–H and O–H groups in total. The number of hydrogen-bond donors (Lipinski definition) is 1. The number of nitrogens with one attached hydrogen (secondary N) is 1. The second-order valence-corrected chi connectivity index (χ2v) is 8.25. The molecule has 35 heavy (non-hydrogen) atoms. The van der Waals surface area contributed by atoms with Crippen LogP contribution in [0.25, 0.3) is 38.8 Å². The highest BCUT2D eigenvalue weighted by Gasteiger charge is 2.19. The van der Waals surface area contributed by atoms with Crippen molar-refractivity contribution in [3.8, 4) is 28.4 Å². The zero-order valence-electron chi connectivity index (χ0n) is 19.4. The fraction of sp³-hybridized carbons (Fsp3) is 0.185. The van der Waals surface area contributed by atoms with Crippen molar-refractivity contribution in [2.75, 3.05) is 20.8 Å². The van der Waals surface area contributed by atoms with Gasteiger partial charge in [-0.05, 0) is 60.5 Å². The summed E-state index contributed by atoms with van der Waals surface area (Å²) < 4.78 is 13.0. The molecule has 0 fully saturated rings. The Hall–Kier alpha value is -3.32. The van der Waals surface area contributed by atoms with Gasteiger partial charge in [-0.2, -0.15) is 5.10 Å². The van der Waals surface area contributed by atoms with Gasteiger partial charge in [0.2, 0.25) is 0 Å². The first-order chi connectivity index (χ1) is 16.3. The number of ether oxygens (including phenoxy) is 2. The van der Waals surface area contributed by atoms with Gasteiger partial charge < -0.3 is 14.8 Å². The maximum absolute atomic E-state index is 5.55. The molecule has 0 radical (unpaired) electrons. The number of nitrogens with zero attached hydrogens (tertiary/aromatic N) is 3. The van der Waals surface area contributed by atoms with E-state index in [9.17, 15) is 0 Å². The van der Waals surface area contributed by atoms with E-state index < -0.39 is 0 Å². The predicted octanol–water partition coefficient (Wildman–Crippen LogP) is 5.75. The van der Waals surface area contributed by atoms with Crippen molar-refractivity contribution in [2.45, 2.75) is 13.0 Å². The molecule has 0 spiro atoms. The molecule has 0 bridgehead atoms. The number of aromatic nitrogens is 3. The van der Waals surface area contributed by atoms with Gasteiger partial charge in [-0.3, -0.25) is 4.98 Å².